The molecule has 2 aromatic heterocycles. The van der Waals surface area contributed by atoms with Crippen LogP contribution in [0, 0.1) is 5.82 Å². The second-order valence-electron chi connectivity index (χ2n) is 8.54. The molecule has 202 valence electrons. The summed E-state index contributed by atoms with van der Waals surface area (Å²) in [5, 5.41) is 5.22. The molecule has 0 atom stereocenters. The summed E-state index contributed by atoms with van der Waals surface area (Å²) < 4.78 is 60.5. The van der Waals surface area contributed by atoms with Gasteiger partial charge in [0.1, 0.15) is 17.9 Å². The maximum Gasteiger partial charge on any atom is 0.416 e. The van der Waals surface area contributed by atoms with Crippen molar-refractivity contribution in [2.45, 2.75) is 12.7 Å². The van der Waals surface area contributed by atoms with Gasteiger partial charge in [0.05, 0.1) is 16.7 Å². The van der Waals surface area contributed by atoms with Crippen molar-refractivity contribution in [2.75, 3.05) is 31.8 Å². The van der Waals surface area contributed by atoms with E-state index in [1.807, 2.05) is 0 Å². The van der Waals surface area contributed by atoms with Gasteiger partial charge in [0.25, 0.3) is 5.91 Å². The molecule has 2 aromatic carbocycles. The number of ether oxygens (including phenoxy) is 1. The van der Waals surface area contributed by atoms with Crippen LogP contribution in [0.2, 0.25) is 0 Å². The zero-order valence-corrected chi connectivity index (χ0v) is 21.0. The van der Waals surface area contributed by atoms with Crippen LogP contribution in [0.4, 0.5) is 29.2 Å². The summed E-state index contributed by atoms with van der Waals surface area (Å²) >= 11 is 0. The number of alkyl halides is 3. The Morgan fingerprint density at radius 3 is 2.56 bits per heavy atom. The molecule has 0 radical (unpaired) electrons. The first-order valence-electron chi connectivity index (χ1n) is 11.5. The summed E-state index contributed by atoms with van der Waals surface area (Å²) in [5.74, 6) is -1.13. The molecule has 0 saturated heterocycles. The van der Waals surface area contributed by atoms with Crippen molar-refractivity contribution >= 4 is 17.5 Å². The molecular weight excluding hydrogens is 518 g/mol. The maximum atomic E-state index is 14.7. The summed E-state index contributed by atoms with van der Waals surface area (Å²) in [7, 11) is 5.10. The van der Waals surface area contributed by atoms with Gasteiger partial charge in [0.15, 0.2) is 5.82 Å². The van der Waals surface area contributed by atoms with Gasteiger partial charge < -0.3 is 20.3 Å². The normalized spacial score (nSPS) is 11.4. The Morgan fingerprint density at radius 1 is 1.05 bits per heavy atom. The Hall–Kier alpha value is -4.65. The molecule has 4 rings (SSSR count). The number of nitrogens with one attached hydrogen (secondary N) is 2. The molecule has 2 heterocycles. The second-order valence-corrected chi connectivity index (χ2v) is 8.54. The summed E-state index contributed by atoms with van der Waals surface area (Å²) in [6.07, 6.45) is -1.85. The lowest BCUT2D eigenvalue weighted by Crippen LogP contribution is -2.19. The van der Waals surface area contributed by atoms with E-state index in [1.165, 1.54) is 24.7 Å². The number of amides is 1. The fraction of sp³-hybridized carbons (Fsp3) is 0.192. The molecular formula is C26H23F4N7O2. The number of nitrogens with zero attached hydrogens (tertiary/aromatic N) is 5. The van der Waals surface area contributed by atoms with Crippen LogP contribution in [0.3, 0.4) is 0 Å². The number of benzene rings is 2. The lowest BCUT2D eigenvalue weighted by molar-refractivity contribution is -0.137. The molecule has 0 spiro atoms. The van der Waals surface area contributed by atoms with Crippen molar-refractivity contribution in [1.82, 2.24) is 24.8 Å². The first kappa shape index (κ1) is 27.4. The summed E-state index contributed by atoms with van der Waals surface area (Å²) in [5.41, 5.74) is -0.637. The highest BCUT2D eigenvalue weighted by Gasteiger charge is 2.31. The van der Waals surface area contributed by atoms with Gasteiger partial charge in [-0.25, -0.2) is 19.3 Å². The third-order valence-electron chi connectivity index (χ3n) is 5.38. The van der Waals surface area contributed by atoms with Crippen molar-refractivity contribution in [3.63, 3.8) is 0 Å². The van der Waals surface area contributed by atoms with E-state index < -0.39 is 29.0 Å². The minimum atomic E-state index is -4.62. The van der Waals surface area contributed by atoms with Gasteiger partial charge in [-0.3, -0.25) is 4.79 Å². The average Bonchev–Trinajstić information content (AvgIpc) is 2.90. The van der Waals surface area contributed by atoms with Crippen molar-refractivity contribution in [1.29, 1.82) is 0 Å². The molecule has 0 saturated carbocycles. The summed E-state index contributed by atoms with van der Waals surface area (Å²) in [6, 6.07) is 9.78. The number of hydrogen-bond acceptors (Lipinski definition) is 8. The van der Waals surface area contributed by atoms with Crippen molar-refractivity contribution in [3.8, 4) is 23.0 Å². The van der Waals surface area contributed by atoms with Crippen LogP contribution < -0.4 is 15.4 Å². The van der Waals surface area contributed by atoms with Gasteiger partial charge >= 0.3 is 6.18 Å². The van der Waals surface area contributed by atoms with Gasteiger partial charge in [-0.1, -0.05) is 6.07 Å². The predicted octanol–water partition coefficient (Wildman–Crippen LogP) is 5.24. The maximum absolute atomic E-state index is 14.7. The third kappa shape index (κ3) is 6.62. The largest absolute Gasteiger partial charge is 0.438 e. The molecule has 0 aliphatic heterocycles. The fourth-order valence-electron chi connectivity index (χ4n) is 3.58. The Labute approximate surface area is 220 Å². The number of carbonyl (C=O) groups is 1. The van der Waals surface area contributed by atoms with Crippen LogP contribution in [-0.4, -0.2) is 51.9 Å². The van der Waals surface area contributed by atoms with E-state index in [-0.39, 0.29) is 29.7 Å². The van der Waals surface area contributed by atoms with Crippen LogP contribution in [0.1, 0.15) is 21.5 Å². The number of pyridine rings is 1. The highest BCUT2D eigenvalue weighted by Crippen LogP contribution is 2.34. The highest BCUT2D eigenvalue weighted by molar-refractivity contribution is 6.05. The lowest BCUT2D eigenvalue weighted by Gasteiger charge is -2.17. The van der Waals surface area contributed by atoms with Crippen LogP contribution >= 0.6 is 0 Å². The number of rotatable bonds is 8. The Bertz CT molecular complexity index is 1500. The first-order chi connectivity index (χ1) is 18.5. The summed E-state index contributed by atoms with van der Waals surface area (Å²) in [6.45, 7) is 0.244. The van der Waals surface area contributed by atoms with Crippen LogP contribution in [-0.2, 0) is 12.7 Å². The molecule has 0 aliphatic carbocycles. The first-order valence-corrected chi connectivity index (χ1v) is 11.5. The van der Waals surface area contributed by atoms with Crippen molar-refractivity contribution in [3.05, 3.63) is 83.6 Å². The fourth-order valence-corrected chi connectivity index (χ4v) is 3.58. The van der Waals surface area contributed by atoms with E-state index in [4.69, 9.17) is 4.74 Å². The molecule has 1 amide bonds. The molecule has 4 aromatic rings. The highest BCUT2D eigenvalue weighted by atomic mass is 19.4. The van der Waals surface area contributed by atoms with Gasteiger partial charge in [-0.2, -0.15) is 18.2 Å². The van der Waals surface area contributed by atoms with Gasteiger partial charge in [-0.05, 0) is 62.1 Å². The number of anilines is 2. The third-order valence-corrected chi connectivity index (χ3v) is 5.38. The Kier molecular flexibility index (Phi) is 8.00. The quantitative estimate of drug-likeness (QED) is 0.292. The van der Waals surface area contributed by atoms with Crippen LogP contribution in [0.25, 0.3) is 11.4 Å². The molecule has 9 nitrogen and oxygen atoms in total. The molecule has 0 bridgehead atoms. The number of carbonyl (C=O) groups excluding carboxylic acids is 1. The molecule has 39 heavy (non-hydrogen) atoms. The smallest absolute Gasteiger partial charge is 0.416 e. The Morgan fingerprint density at radius 2 is 1.85 bits per heavy atom. The summed E-state index contributed by atoms with van der Waals surface area (Å²) in [4.78, 5) is 31.3. The standard InChI is InChI=1S/C26H23F4N7O2/c1-31-25-34-14-33-22(36-25)18-5-4-10-32-24(18)39-17-8-9-20(27)19(12-17)23(38)35-21-11-16(26(28,29)30)7-6-15(21)13-37(2)3/h4-12,14H,13H2,1-3H3,(H,35,38)(H,31,33,34,36). The zero-order chi connectivity index (χ0) is 28.2. The molecule has 2 N–H and O–H groups in total. The van der Waals surface area contributed by atoms with E-state index in [2.05, 4.69) is 30.6 Å². The molecule has 13 heteroatoms. The lowest BCUT2D eigenvalue weighted by atomic mass is 10.1. The number of hydrogen-bond donors (Lipinski definition) is 2. The second kappa shape index (κ2) is 11.4. The van der Waals surface area contributed by atoms with E-state index >= 15 is 0 Å². The van der Waals surface area contributed by atoms with E-state index in [9.17, 15) is 22.4 Å². The molecule has 0 aliphatic rings. The average molecular weight is 542 g/mol. The van der Waals surface area contributed by atoms with Gasteiger partial charge in [0, 0.05) is 25.5 Å². The van der Waals surface area contributed by atoms with Crippen molar-refractivity contribution in [2.24, 2.45) is 0 Å². The number of halogens is 4. The van der Waals surface area contributed by atoms with Gasteiger partial charge in [-0.15, -0.1) is 0 Å². The molecule has 0 fully saturated rings. The van der Waals surface area contributed by atoms with Crippen LogP contribution in [0.5, 0.6) is 11.6 Å². The Balaban J connectivity index is 1.64. The molecule has 0 unspecified atom stereocenters. The van der Waals surface area contributed by atoms with Gasteiger partial charge in [0.2, 0.25) is 11.8 Å². The number of aromatic nitrogens is 4. The van der Waals surface area contributed by atoms with E-state index in [0.717, 1.165) is 24.3 Å². The topological polar surface area (TPSA) is 105 Å². The predicted molar refractivity (Wildman–Crippen MR) is 136 cm³/mol. The SMILES string of the molecule is CNc1ncnc(-c2cccnc2Oc2ccc(F)c(C(=O)Nc3cc(C(F)(F)F)ccc3CN(C)C)c2)n1. The minimum Gasteiger partial charge on any atom is -0.438 e. The monoisotopic (exact) mass is 541 g/mol. The van der Waals surface area contributed by atoms with E-state index in [0.29, 0.717) is 17.1 Å². The zero-order valence-electron chi connectivity index (χ0n) is 21.0. The van der Waals surface area contributed by atoms with E-state index in [1.54, 1.807) is 38.2 Å². The van der Waals surface area contributed by atoms with Crippen LogP contribution in [0.15, 0.2) is 61.1 Å². The minimum absolute atomic E-state index is 0.0574. The van der Waals surface area contributed by atoms with Crippen molar-refractivity contribution < 1.29 is 27.1 Å².